The monoisotopic (exact) mass is 125 g/mol. The number of rotatable bonds is 1. The fourth-order valence-corrected chi connectivity index (χ4v) is 0.779. The molecule has 1 aliphatic rings. The Morgan fingerprint density at radius 3 is 2.56 bits per heavy atom. The van der Waals surface area contributed by atoms with Gasteiger partial charge in [-0.1, -0.05) is 13.8 Å². The van der Waals surface area contributed by atoms with Crippen LogP contribution in [0.3, 0.4) is 0 Å². The van der Waals surface area contributed by atoms with Crippen molar-refractivity contribution >= 4 is 5.90 Å². The minimum Gasteiger partial charge on any atom is -0.494 e. The lowest BCUT2D eigenvalue weighted by Crippen LogP contribution is -1.93. The second kappa shape index (κ2) is 2.21. The van der Waals surface area contributed by atoms with Gasteiger partial charge < -0.3 is 5.11 Å². The molecule has 0 saturated heterocycles. The third kappa shape index (κ3) is 1.31. The lowest BCUT2D eigenvalue weighted by atomic mass is 10.1. The SMILES string of the molecule is CC(C)C1=CC(O)=NC1. The minimum absolute atomic E-state index is 0.179. The third-order valence-corrected chi connectivity index (χ3v) is 1.48. The van der Waals surface area contributed by atoms with Gasteiger partial charge in [-0.05, 0) is 11.5 Å². The van der Waals surface area contributed by atoms with Crippen LogP contribution < -0.4 is 0 Å². The van der Waals surface area contributed by atoms with Gasteiger partial charge in [0.15, 0.2) is 0 Å². The standard InChI is InChI=1S/C7H11NO/c1-5(2)6-3-7(9)8-4-6/h3,5H,4H2,1-2H3,(H,8,9). The average molecular weight is 125 g/mol. The molecule has 0 spiro atoms. The summed E-state index contributed by atoms with van der Waals surface area (Å²) in [7, 11) is 0. The van der Waals surface area contributed by atoms with Crippen LogP contribution in [0.25, 0.3) is 0 Å². The summed E-state index contributed by atoms with van der Waals surface area (Å²) in [5.74, 6) is 0.692. The maximum absolute atomic E-state index is 8.82. The zero-order chi connectivity index (χ0) is 6.85. The molecular weight excluding hydrogens is 114 g/mol. The van der Waals surface area contributed by atoms with Crippen LogP contribution in [-0.2, 0) is 0 Å². The molecule has 0 bridgehead atoms. The zero-order valence-electron chi connectivity index (χ0n) is 5.76. The highest BCUT2D eigenvalue weighted by Gasteiger charge is 2.08. The van der Waals surface area contributed by atoms with Gasteiger partial charge in [0.1, 0.15) is 0 Å². The topological polar surface area (TPSA) is 32.6 Å². The number of aliphatic hydroxyl groups is 1. The molecule has 0 radical (unpaired) electrons. The van der Waals surface area contributed by atoms with Gasteiger partial charge in [0.05, 0.1) is 6.54 Å². The molecule has 0 aromatic heterocycles. The predicted molar refractivity (Wildman–Crippen MR) is 37.9 cm³/mol. The summed E-state index contributed by atoms with van der Waals surface area (Å²) in [6.07, 6.45) is 1.74. The van der Waals surface area contributed by atoms with E-state index in [1.807, 2.05) is 0 Å². The normalized spacial score (nSPS) is 18.1. The second-order valence-corrected chi connectivity index (χ2v) is 2.55. The quantitative estimate of drug-likeness (QED) is 0.566. The Morgan fingerprint density at radius 1 is 1.67 bits per heavy atom. The molecule has 2 nitrogen and oxygen atoms in total. The van der Waals surface area contributed by atoms with Crippen molar-refractivity contribution in [3.05, 3.63) is 11.6 Å². The van der Waals surface area contributed by atoms with Crippen molar-refractivity contribution in [3.8, 4) is 0 Å². The van der Waals surface area contributed by atoms with E-state index in [1.165, 1.54) is 5.57 Å². The van der Waals surface area contributed by atoms with E-state index in [-0.39, 0.29) is 5.90 Å². The van der Waals surface area contributed by atoms with E-state index in [9.17, 15) is 0 Å². The van der Waals surface area contributed by atoms with Crippen LogP contribution in [0.5, 0.6) is 0 Å². The summed E-state index contributed by atoms with van der Waals surface area (Å²) in [5.41, 5.74) is 1.22. The summed E-state index contributed by atoms with van der Waals surface area (Å²) < 4.78 is 0. The summed E-state index contributed by atoms with van der Waals surface area (Å²) in [6, 6.07) is 0. The number of aliphatic hydroxyl groups excluding tert-OH is 1. The summed E-state index contributed by atoms with van der Waals surface area (Å²) in [6.45, 7) is 4.88. The smallest absolute Gasteiger partial charge is 0.206 e. The summed E-state index contributed by atoms with van der Waals surface area (Å²) in [5, 5.41) is 8.82. The Hall–Kier alpha value is -0.790. The molecule has 1 N–H and O–H groups in total. The molecule has 2 heteroatoms. The van der Waals surface area contributed by atoms with E-state index in [2.05, 4.69) is 18.8 Å². The van der Waals surface area contributed by atoms with Gasteiger partial charge in [0, 0.05) is 6.08 Å². The zero-order valence-corrected chi connectivity index (χ0v) is 5.76. The maximum Gasteiger partial charge on any atom is 0.206 e. The Labute approximate surface area is 54.9 Å². The highest BCUT2D eigenvalue weighted by molar-refractivity contribution is 5.88. The van der Waals surface area contributed by atoms with Crippen LogP contribution in [0.1, 0.15) is 13.8 Å². The average Bonchev–Trinajstić information content (AvgIpc) is 2.14. The first-order chi connectivity index (χ1) is 4.20. The molecule has 0 unspecified atom stereocenters. The predicted octanol–water partition coefficient (Wildman–Crippen LogP) is 1.54. The van der Waals surface area contributed by atoms with Gasteiger partial charge in [0.2, 0.25) is 5.90 Å². The molecule has 0 fully saturated rings. The Morgan fingerprint density at radius 2 is 2.33 bits per heavy atom. The van der Waals surface area contributed by atoms with Crippen LogP contribution in [0.2, 0.25) is 0 Å². The lowest BCUT2D eigenvalue weighted by Gasteiger charge is -2.01. The molecule has 0 saturated carbocycles. The molecule has 1 heterocycles. The highest BCUT2D eigenvalue weighted by Crippen LogP contribution is 2.13. The van der Waals surface area contributed by atoms with Crippen molar-refractivity contribution in [2.24, 2.45) is 10.9 Å². The Bertz CT molecular complexity index is 168. The van der Waals surface area contributed by atoms with Crippen molar-refractivity contribution in [1.82, 2.24) is 0 Å². The first-order valence-electron chi connectivity index (χ1n) is 3.14. The molecule has 1 rings (SSSR count). The van der Waals surface area contributed by atoms with E-state index in [0.29, 0.717) is 12.5 Å². The fourth-order valence-electron chi connectivity index (χ4n) is 0.779. The number of nitrogens with zero attached hydrogens (tertiary/aromatic N) is 1. The summed E-state index contributed by atoms with van der Waals surface area (Å²) >= 11 is 0. The van der Waals surface area contributed by atoms with Crippen molar-refractivity contribution in [1.29, 1.82) is 0 Å². The van der Waals surface area contributed by atoms with E-state index < -0.39 is 0 Å². The second-order valence-electron chi connectivity index (χ2n) is 2.55. The molecule has 0 aromatic rings. The van der Waals surface area contributed by atoms with Crippen LogP contribution in [0.15, 0.2) is 16.6 Å². The van der Waals surface area contributed by atoms with Crippen molar-refractivity contribution in [3.63, 3.8) is 0 Å². The first kappa shape index (κ1) is 6.33. The molecule has 9 heavy (non-hydrogen) atoms. The van der Waals surface area contributed by atoms with Crippen LogP contribution in [0.4, 0.5) is 0 Å². The largest absolute Gasteiger partial charge is 0.494 e. The first-order valence-corrected chi connectivity index (χ1v) is 3.14. The van der Waals surface area contributed by atoms with E-state index in [1.54, 1.807) is 6.08 Å². The molecule has 0 atom stereocenters. The van der Waals surface area contributed by atoms with Gasteiger partial charge in [-0.3, -0.25) is 0 Å². The van der Waals surface area contributed by atoms with E-state index in [0.717, 1.165) is 0 Å². The van der Waals surface area contributed by atoms with Crippen molar-refractivity contribution in [2.45, 2.75) is 13.8 Å². The van der Waals surface area contributed by atoms with Gasteiger partial charge in [-0.2, -0.15) is 0 Å². The fraction of sp³-hybridized carbons (Fsp3) is 0.571. The third-order valence-electron chi connectivity index (χ3n) is 1.48. The molecule has 1 aliphatic heterocycles. The van der Waals surface area contributed by atoms with Crippen LogP contribution in [-0.4, -0.2) is 17.5 Å². The van der Waals surface area contributed by atoms with E-state index in [4.69, 9.17) is 5.11 Å². The molecule has 0 aliphatic carbocycles. The lowest BCUT2D eigenvalue weighted by molar-refractivity contribution is 0.558. The van der Waals surface area contributed by atoms with Gasteiger partial charge in [0.25, 0.3) is 0 Å². The number of hydrogen-bond acceptors (Lipinski definition) is 1. The molecule has 0 amide bonds. The van der Waals surface area contributed by atoms with E-state index >= 15 is 0 Å². The Balaban J connectivity index is 2.60. The van der Waals surface area contributed by atoms with Crippen molar-refractivity contribution < 1.29 is 5.11 Å². The van der Waals surface area contributed by atoms with Crippen molar-refractivity contribution in [2.75, 3.05) is 6.54 Å². The minimum atomic E-state index is 0.179. The molecule has 0 aromatic carbocycles. The maximum atomic E-state index is 8.82. The highest BCUT2D eigenvalue weighted by atomic mass is 16.3. The number of aliphatic imine (C=N–C) groups is 1. The van der Waals surface area contributed by atoms with Gasteiger partial charge >= 0.3 is 0 Å². The summed E-state index contributed by atoms with van der Waals surface area (Å²) in [4.78, 5) is 3.82. The van der Waals surface area contributed by atoms with Crippen LogP contribution >= 0.6 is 0 Å². The van der Waals surface area contributed by atoms with Gasteiger partial charge in [-0.25, -0.2) is 4.99 Å². The molecule has 50 valence electrons. The van der Waals surface area contributed by atoms with Gasteiger partial charge in [-0.15, -0.1) is 0 Å². The Kier molecular flexibility index (Phi) is 1.56. The van der Waals surface area contributed by atoms with Crippen LogP contribution in [0, 0.1) is 5.92 Å². The molecular formula is C7H11NO. The number of hydrogen-bond donors (Lipinski definition) is 1.